The molecule has 19 heavy (non-hydrogen) atoms. The van der Waals surface area contributed by atoms with Crippen LogP contribution in [0, 0.1) is 0 Å². The van der Waals surface area contributed by atoms with Crippen molar-refractivity contribution in [2.45, 2.75) is 25.5 Å². The van der Waals surface area contributed by atoms with Crippen molar-refractivity contribution in [1.82, 2.24) is 5.32 Å². The van der Waals surface area contributed by atoms with Gasteiger partial charge in [0.15, 0.2) is 11.5 Å². The maximum Gasteiger partial charge on any atom is 0.161 e. The van der Waals surface area contributed by atoms with E-state index in [-0.39, 0.29) is 6.10 Å². The molecule has 1 aromatic rings. The average Bonchev–Trinajstić information content (AvgIpc) is 2.48. The summed E-state index contributed by atoms with van der Waals surface area (Å²) in [4.78, 5) is 0. The van der Waals surface area contributed by atoms with Gasteiger partial charge in [-0.25, -0.2) is 0 Å². The lowest BCUT2D eigenvalue weighted by atomic mass is 10.1. The maximum absolute atomic E-state index is 5.51. The van der Waals surface area contributed by atoms with Crippen LogP contribution in [0.15, 0.2) is 30.5 Å². The van der Waals surface area contributed by atoms with Crippen molar-refractivity contribution >= 4 is 0 Å². The van der Waals surface area contributed by atoms with Crippen molar-refractivity contribution in [2.75, 3.05) is 20.8 Å². The zero-order valence-electron chi connectivity index (χ0n) is 11.5. The SMILES string of the molecule is COc1ccc(CNC[C@H]2CCC=CO2)cc1OC. The zero-order valence-corrected chi connectivity index (χ0v) is 11.5. The summed E-state index contributed by atoms with van der Waals surface area (Å²) in [5.74, 6) is 1.52. The lowest BCUT2D eigenvalue weighted by molar-refractivity contribution is 0.122. The van der Waals surface area contributed by atoms with E-state index in [4.69, 9.17) is 14.2 Å². The van der Waals surface area contributed by atoms with Gasteiger partial charge in [0, 0.05) is 13.1 Å². The zero-order chi connectivity index (χ0) is 13.5. The van der Waals surface area contributed by atoms with E-state index in [1.165, 1.54) is 5.56 Å². The first-order chi connectivity index (χ1) is 9.33. The Hall–Kier alpha value is -1.68. The molecule has 0 unspecified atom stereocenters. The largest absolute Gasteiger partial charge is 0.497 e. The monoisotopic (exact) mass is 263 g/mol. The van der Waals surface area contributed by atoms with Gasteiger partial charge < -0.3 is 19.5 Å². The Morgan fingerprint density at radius 2 is 2.11 bits per heavy atom. The maximum atomic E-state index is 5.51. The van der Waals surface area contributed by atoms with Crippen molar-refractivity contribution in [3.8, 4) is 11.5 Å². The van der Waals surface area contributed by atoms with Crippen molar-refractivity contribution in [3.05, 3.63) is 36.1 Å². The normalized spacial score (nSPS) is 17.9. The smallest absolute Gasteiger partial charge is 0.161 e. The first-order valence-electron chi connectivity index (χ1n) is 6.55. The van der Waals surface area contributed by atoms with Gasteiger partial charge in [0.1, 0.15) is 6.10 Å². The summed E-state index contributed by atoms with van der Waals surface area (Å²) in [6.45, 7) is 1.66. The van der Waals surface area contributed by atoms with Crippen LogP contribution in [-0.2, 0) is 11.3 Å². The van der Waals surface area contributed by atoms with Crippen LogP contribution in [0.1, 0.15) is 18.4 Å². The first kappa shape index (κ1) is 13.7. The van der Waals surface area contributed by atoms with Crippen LogP contribution in [0.25, 0.3) is 0 Å². The Morgan fingerprint density at radius 3 is 2.79 bits per heavy atom. The molecule has 1 aliphatic rings. The van der Waals surface area contributed by atoms with Gasteiger partial charge in [-0.2, -0.15) is 0 Å². The topological polar surface area (TPSA) is 39.7 Å². The minimum atomic E-state index is 0.283. The number of hydrogen-bond acceptors (Lipinski definition) is 4. The van der Waals surface area contributed by atoms with Gasteiger partial charge in [-0.1, -0.05) is 6.07 Å². The summed E-state index contributed by atoms with van der Waals surface area (Å²) in [5, 5.41) is 3.40. The number of methoxy groups -OCH3 is 2. The fraction of sp³-hybridized carbons (Fsp3) is 0.467. The number of hydrogen-bond donors (Lipinski definition) is 1. The minimum Gasteiger partial charge on any atom is -0.497 e. The molecule has 0 aliphatic carbocycles. The van der Waals surface area contributed by atoms with E-state index in [1.54, 1.807) is 20.5 Å². The van der Waals surface area contributed by atoms with E-state index in [1.807, 2.05) is 18.2 Å². The van der Waals surface area contributed by atoms with E-state index in [0.717, 1.165) is 37.4 Å². The molecule has 0 aromatic heterocycles. The molecule has 0 saturated heterocycles. The molecule has 1 aromatic carbocycles. The van der Waals surface area contributed by atoms with Crippen LogP contribution in [0.2, 0.25) is 0 Å². The lowest BCUT2D eigenvalue weighted by Crippen LogP contribution is -2.28. The average molecular weight is 263 g/mol. The minimum absolute atomic E-state index is 0.283. The molecule has 2 rings (SSSR count). The Labute approximate surface area is 114 Å². The molecule has 0 spiro atoms. The van der Waals surface area contributed by atoms with E-state index < -0.39 is 0 Å². The Balaban J connectivity index is 1.83. The van der Waals surface area contributed by atoms with Crippen molar-refractivity contribution in [3.63, 3.8) is 0 Å². The molecule has 1 heterocycles. The molecule has 0 saturated carbocycles. The molecule has 0 radical (unpaired) electrons. The number of rotatable bonds is 6. The summed E-state index contributed by atoms with van der Waals surface area (Å²) in [7, 11) is 3.29. The molecule has 104 valence electrons. The Kier molecular flexibility index (Phi) is 5.10. The second kappa shape index (κ2) is 7.04. The molecule has 0 bridgehead atoms. The fourth-order valence-electron chi connectivity index (χ4n) is 2.10. The van der Waals surface area contributed by atoms with E-state index in [0.29, 0.717) is 0 Å². The molecule has 1 N–H and O–H groups in total. The van der Waals surface area contributed by atoms with E-state index in [2.05, 4.69) is 11.4 Å². The highest BCUT2D eigenvalue weighted by Crippen LogP contribution is 2.27. The van der Waals surface area contributed by atoms with E-state index in [9.17, 15) is 0 Å². The second-order valence-electron chi connectivity index (χ2n) is 4.53. The third-order valence-corrected chi connectivity index (χ3v) is 3.17. The van der Waals surface area contributed by atoms with Crippen molar-refractivity contribution in [1.29, 1.82) is 0 Å². The van der Waals surface area contributed by atoms with Crippen LogP contribution >= 0.6 is 0 Å². The quantitative estimate of drug-likeness (QED) is 0.856. The molecule has 1 aliphatic heterocycles. The predicted octanol–water partition coefficient (Wildman–Crippen LogP) is 2.49. The molecule has 1 atom stereocenters. The highest BCUT2D eigenvalue weighted by molar-refractivity contribution is 5.42. The molecule has 0 amide bonds. The Bertz CT molecular complexity index is 431. The standard InChI is InChI=1S/C15H21NO3/c1-17-14-7-6-12(9-15(14)18-2)10-16-11-13-5-3-4-8-19-13/h4,6-9,13,16H,3,5,10-11H2,1-2H3/t13-/m1/s1. The highest BCUT2D eigenvalue weighted by Gasteiger charge is 2.10. The van der Waals surface area contributed by atoms with Gasteiger partial charge in [0.25, 0.3) is 0 Å². The first-order valence-corrected chi connectivity index (χ1v) is 6.55. The summed E-state index contributed by atoms with van der Waals surface area (Å²) in [6, 6.07) is 5.96. The van der Waals surface area contributed by atoms with Gasteiger partial charge in [-0.05, 0) is 36.6 Å². The highest BCUT2D eigenvalue weighted by atomic mass is 16.5. The van der Waals surface area contributed by atoms with Gasteiger partial charge in [-0.15, -0.1) is 0 Å². The number of ether oxygens (including phenoxy) is 3. The molecule has 4 nitrogen and oxygen atoms in total. The third kappa shape index (κ3) is 3.89. The molecular formula is C15H21NO3. The predicted molar refractivity (Wildman–Crippen MR) is 74.5 cm³/mol. The van der Waals surface area contributed by atoms with Crippen molar-refractivity contribution < 1.29 is 14.2 Å². The summed E-state index contributed by atoms with van der Waals surface area (Å²) < 4.78 is 16.0. The van der Waals surface area contributed by atoms with Crippen LogP contribution in [0.4, 0.5) is 0 Å². The van der Waals surface area contributed by atoms with Crippen LogP contribution < -0.4 is 14.8 Å². The van der Waals surface area contributed by atoms with Crippen LogP contribution in [0.3, 0.4) is 0 Å². The van der Waals surface area contributed by atoms with Crippen molar-refractivity contribution in [2.24, 2.45) is 0 Å². The van der Waals surface area contributed by atoms with Gasteiger partial charge in [0.05, 0.1) is 20.5 Å². The summed E-state index contributed by atoms with van der Waals surface area (Å²) >= 11 is 0. The lowest BCUT2D eigenvalue weighted by Gasteiger charge is -2.19. The molecule has 4 heteroatoms. The van der Waals surface area contributed by atoms with E-state index >= 15 is 0 Å². The number of nitrogens with one attached hydrogen (secondary N) is 1. The van der Waals surface area contributed by atoms with Crippen LogP contribution in [-0.4, -0.2) is 26.9 Å². The second-order valence-corrected chi connectivity index (χ2v) is 4.53. The fourth-order valence-corrected chi connectivity index (χ4v) is 2.10. The Morgan fingerprint density at radius 1 is 1.26 bits per heavy atom. The number of allylic oxidation sites excluding steroid dienone is 1. The number of benzene rings is 1. The van der Waals surface area contributed by atoms with Crippen LogP contribution in [0.5, 0.6) is 11.5 Å². The van der Waals surface area contributed by atoms with Gasteiger partial charge >= 0.3 is 0 Å². The summed E-state index contributed by atoms with van der Waals surface area (Å²) in [6.07, 6.45) is 6.32. The van der Waals surface area contributed by atoms with Gasteiger partial charge in [-0.3, -0.25) is 0 Å². The summed E-state index contributed by atoms with van der Waals surface area (Å²) in [5.41, 5.74) is 1.17. The van der Waals surface area contributed by atoms with Gasteiger partial charge in [0.2, 0.25) is 0 Å². The molecule has 0 fully saturated rings. The third-order valence-electron chi connectivity index (χ3n) is 3.17. The molecular weight excluding hydrogens is 242 g/mol.